The van der Waals surface area contributed by atoms with Crippen molar-refractivity contribution in [3.05, 3.63) is 63.1 Å². The van der Waals surface area contributed by atoms with Crippen molar-refractivity contribution >= 4 is 50.5 Å². The van der Waals surface area contributed by atoms with Crippen LogP contribution in [-0.4, -0.2) is 55.8 Å². The van der Waals surface area contributed by atoms with Crippen LogP contribution in [0.4, 0.5) is 0 Å². The van der Waals surface area contributed by atoms with E-state index in [1.807, 2.05) is 12.1 Å². The first kappa shape index (κ1) is 29.1. The zero-order valence-electron chi connectivity index (χ0n) is 21.0. The lowest BCUT2D eigenvalue weighted by Crippen LogP contribution is -2.56. The van der Waals surface area contributed by atoms with Gasteiger partial charge in [0.2, 0.25) is 5.91 Å². The molecule has 1 N–H and O–H groups in total. The molecule has 4 rings (SSSR count). The minimum atomic E-state index is -3.88. The van der Waals surface area contributed by atoms with Crippen molar-refractivity contribution in [1.82, 2.24) is 10.2 Å². The van der Waals surface area contributed by atoms with Gasteiger partial charge in [0, 0.05) is 23.1 Å². The molecule has 2 fully saturated rings. The number of sulfone groups is 1. The van der Waals surface area contributed by atoms with E-state index in [9.17, 15) is 18.5 Å². The number of carbonyl (C=O) groups excluding carboxylic acids is 1. The molecule has 1 aliphatic heterocycles. The summed E-state index contributed by atoms with van der Waals surface area (Å²) in [6.45, 7) is 4.54. The third-order valence-electron chi connectivity index (χ3n) is 7.55. The molecule has 0 bridgehead atoms. The van der Waals surface area contributed by atoms with Crippen molar-refractivity contribution < 1.29 is 17.9 Å². The second kappa shape index (κ2) is 12.1. The molecule has 204 valence electrons. The summed E-state index contributed by atoms with van der Waals surface area (Å²) >= 11 is 18.2. The van der Waals surface area contributed by atoms with Gasteiger partial charge >= 0.3 is 0 Å². The summed E-state index contributed by atoms with van der Waals surface area (Å²) in [5.41, 5.74) is -0.138. The molecule has 3 atom stereocenters. The lowest BCUT2D eigenvalue weighted by atomic mass is 9.88. The molecule has 0 radical (unpaired) electrons. The minimum Gasteiger partial charge on any atom is -0.373 e. The van der Waals surface area contributed by atoms with Crippen LogP contribution in [-0.2, 0) is 26.0 Å². The van der Waals surface area contributed by atoms with E-state index in [2.05, 4.69) is 23.2 Å². The summed E-state index contributed by atoms with van der Waals surface area (Å²) in [5, 5.41) is 13.0. The topological polar surface area (TPSA) is 99.5 Å². The normalized spacial score (nSPS) is 23.6. The van der Waals surface area contributed by atoms with E-state index in [0.29, 0.717) is 36.0 Å². The van der Waals surface area contributed by atoms with Crippen molar-refractivity contribution in [1.29, 1.82) is 5.26 Å². The number of nitriles is 1. The zero-order chi connectivity index (χ0) is 27.5. The standard InChI is InChI=1S/C27H30Cl3N3O4S/c1-2-33-11-9-27(17-31,10-12-33)32-26(34)22-14-21(38(35,36)25-8-7-20(29)13-23(25)30)15-24(22)37-16-18-3-5-19(28)6-4-18/h3-8,13,21-22,24H,2,9-12,14-16H2,1H3,(H,32,34)/t21-,22-,24-/m0/s1. The van der Waals surface area contributed by atoms with E-state index in [4.69, 9.17) is 39.5 Å². The maximum atomic E-state index is 13.6. The molecule has 2 aromatic carbocycles. The fourth-order valence-corrected chi connectivity index (χ4v) is 7.89. The first-order chi connectivity index (χ1) is 18.1. The number of hydrogen-bond donors (Lipinski definition) is 1. The van der Waals surface area contributed by atoms with Gasteiger partial charge in [-0.3, -0.25) is 4.79 Å². The second-order valence-electron chi connectivity index (χ2n) is 9.91. The highest BCUT2D eigenvalue weighted by molar-refractivity contribution is 7.92. The van der Waals surface area contributed by atoms with E-state index >= 15 is 0 Å². The van der Waals surface area contributed by atoms with Gasteiger partial charge in [0.05, 0.1) is 39.9 Å². The molecular formula is C27H30Cl3N3O4S. The molecule has 1 aliphatic carbocycles. The van der Waals surface area contributed by atoms with Crippen LogP contribution in [0.1, 0.15) is 38.2 Å². The fourth-order valence-electron chi connectivity index (χ4n) is 5.18. The number of ether oxygens (including phenoxy) is 1. The van der Waals surface area contributed by atoms with E-state index in [-0.39, 0.29) is 35.3 Å². The number of carbonyl (C=O) groups is 1. The van der Waals surface area contributed by atoms with Gasteiger partial charge < -0.3 is 15.0 Å². The predicted molar refractivity (Wildman–Crippen MR) is 148 cm³/mol. The van der Waals surface area contributed by atoms with Crippen molar-refractivity contribution in [2.45, 2.75) is 61.0 Å². The highest BCUT2D eigenvalue weighted by atomic mass is 35.5. The maximum Gasteiger partial charge on any atom is 0.227 e. The van der Waals surface area contributed by atoms with Crippen molar-refractivity contribution in [3.8, 4) is 6.07 Å². The summed E-state index contributed by atoms with van der Waals surface area (Å²) in [6, 6.07) is 13.7. The van der Waals surface area contributed by atoms with Gasteiger partial charge in [0.1, 0.15) is 5.54 Å². The number of piperidine rings is 1. The highest BCUT2D eigenvalue weighted by Crippen LogP contribution is 2.39. The Morgan fingerprint density at radius 3 is 2.37 bits per heavy atom. The number of nitrogens with zero attached hydrogens (tertiary/aromatic N) is 2. The Bertz CT molecular complexity index is 1310. The molecule has 7 nitrogen and oxygen atoms in total. The van der Waals surface area contributed by atoms with Gasteiger partial charge in [-0.05, 0) is 68.1 Å². The number of nitrogens with one attached hydrogen (secondary N) is 1. The SMILES string of the molecule is CCN1CCC(C#N)(NC(=O)[C@H]2C[C@H](S(=O)(=O)c3ccc(Cl)cc3Cl)C[C@@H]2OCc2ccc(Cl)cc2)CC1. The molecule has 1 saturated heterocycles. The van der Waals surface area contributed by atoms with Crippen LogP contribution >= 0.6 is 34.8 Å². The lowest BCUT2D eigenvalue weighted by molar-refractivity contribution is -0.131. The van der Waals surface area contributed by atoms with Gasteiger partial charge in [-0.2, -0.15) is 5.26 Å². The minimum absolute atomic E-state index is 0.0218. The summed E-state index contributed by atoms with van der Waals surface area (Å²) in [6.07, 6.45) is 0.530. The van der Waals surface area contributed by atoms with Crippen LogP contribution in [0.5, 0.6) is 0 Å². The average molecular weight is 599 g/mol. The molecule has 0 aromatic heterocycles. The molecule has 1 amide bonds. The predicted octanol–water partition coefficient (Wildman–Crippen LogP) is 5.28. The second-order valence-corrected chi connectivity index (χ2v) is 13.4. The summed E-state index contributed by atoms with van der Waals surface area (Å²) in [4.78, 5) is 15.8. The van der Waals surface area contributed by atoms with Gasteiger partial charge in [-0.15, -0.1) is 0 Å². The van der Waals surface area contributed by atoms with E-state index < -0.39 is 32.6 Å². The van der Waals surface area contributed by atoms with Gasteiger partial charge in [-0.1, -0.05) is 53.9 Å². The maximum absolute atomic E-state index is 13.6. The lowest BCUT2D eigenvalue weighted by Gasteiger charge is -2.38. The van der Waals surface area contributed by atoms with Gasteiger partial charge in [-0.25, -0.2) is 8.42 Å². The molecule has 1 saturated carbocycles. The summed E-state index contributed by atoms with van der Waals surface area (Å²) in [7, 11) is -3.88. The van der Waals surface area contributed by atoms with E-state index in [0.717, 1.165) is 12.1 Å². The van der Waals surface area contributed by atoms with Crippen LogP contribution in [0.2, 0.25) is 15.1 Å². The Hall–Kier alpha value is -1.86. The Morgan fingerprint density at radius 1 is 1.11 bits per heavy atom. The molecule has 0 unspecified atom stereocenters. The third-order valence-corrected chi connectivity index (χ3v) is 10.7. The van der Waals surface area contributed by atoms with Gasteiger partial charge in [0.25, 0.3) is 0 Å². The number of hydrogen-bond acceptors (Lipinski definition) is 6. The number of likely N-dealkylation sites (tertiary alicyclic amines) is 1. The first-order valence-corrected chi connectivity index (χ1v) is 15.3. The molecule has 0 spiro atoms. The van der Waals surface area contributed by atoms with Crippen molar-refractivity contribution in [3.63, 3.8) is 0 Å². The molecule has 1 heterocycles. The number of rotatable bonds is 8. The monoisotopic (exact) mass is 597 g/mol. The van der Waals surface area contributed by atoms with E-state index in [1.54, 1.807) is 12.1 Å². The quantitative estimate of drug-likeness (QED) is 0.444. The number of benzene rings is 2. The molecule has 2 aromatic rings. The van der Waals surface area contributed by atoms with Crippen molar-refractivity contribution in [2.75, 3.05) is 19.6 Å². The Labute approximate surface area is 238 Å². The van der Waals surface area contributed by atoms with Crippen molar-refractivity contribution in [2.24, 2.45) is 5.92 Å². The average Bonchev–Trinajstić information content (AvgIpc) is 3.34. The number of amides is 1. The largest absolute Gasteiger partial charge is 0.373 e. The fraction of sp³-hybridized carbons (Fsp3) is 0.481. The van der Waals surface area contributed by atoms with Crippen LogP contribution in [0.25, 0.3) is 0 Å². The Morgan fingerprint density at radius 2 is 1.76 bits per heavy atom. The van der Waals surface area contributed by atoms with Crippen LogP contribution in [0.15, 0.2) is 47.4 Å². The van der Waals surface area contributed by atoms with Crippen LogP contribution in [0, 0.1) is 17.2 Å². The molecule has 38 heavy (non-hydrogen) atoms. The first-order valence-electron chi connectivity index (χ1n) is 12.6. The smallest absolute Gasteiger partial charge is 0.227 e. The Kier molecular flexibility index (Phi) is 9.29. The van der Waals surface area contributed by atoms with Gasteiger partial charge in [0.15, 0.2) is 9.84 Å². The zero-order valence-corrected chi connectivity index (χ0v) is 24.1. The molecule has 2 aliphatic rings. The van der Waals surface area contributed by atoms with Crippen LogP contribution < -0.4 is 5.32 Å². The summed E-state index contributed by atoms with van der Waals surface area (Å²) < 4.78 is 33.3. The molecular weight excluding hydrogens is 569 g/mol. The van der Waals surface area contributed by atoms with Crippen LogP contribution in [0.3, 0.4) is 0 Å². The third kappa shape index (κ3) is 6.47. The number of halogens is 3. The summed E-state index contributed by atoms with van der Waals surface area (Å²) in [5.74, 6) is -1.11. The molecule has 11 heteroatoms. The Balaban J connectivity index is 1.56. The van der Waals surface area contributed by atoms with E-state index in [1.165, 1.54) is 18.2 Å². The highest BCUT2D eigenvalue weighted by Gasteiger charge is 2.48.